The largest absolute Gasteiger partial charge is 0.396 e. The van der Waals surface area contributed by atoms with Gasteiger partial charge < -0.3 is 10.2 Å². The molecule has 0 aromatic carbocycles. The minimum atomic E-state index is -0.155. The molecule has 1 aliphatic rings. The van der Waals surface area contributed by atoms with E-state index in [1.165, 1.54) is 6.42 Å². The Morgan fingerprint density at radius 1 is 1.36 bits per heavy atom. The molecule has 0 aromatic rings. The molecule has 2 heteroatoms. The number of hydrogen-bond acceptors (Lipinski definition) is 2. The summed E-state index contributed by atoms with van der Waals surface area (Å²) < 4.78 is 0. The van der Waals surface area contributed by atoms with Crippen LogP contribution in [-0.2, 0) is 0 Å². The van der Waals surface area contributed by atoms with Gasteiger partial charge in [-0.15, -0.1) is 0 Å². The number of aliphatic hydroxyl groups is 2. The standard InChI is InChI=1S/C9H18O2/c1-8-3-2-4-9(5-8,6-10)7-11/h8,10-11H,2-7H2,1H3. The van der Waals surface area contributed by atoms with E-state index in [9.17, 15) is 0 Å². The third kappa shape index (κ3) is 1.94. The van der Waals surface area contributed by atoms with Crippen molar-refractivity contribution in [1.29, 1.82) is 0 Å². The molecule has 11 heavy (non-hydrogen) atoms. The minimum absolute atomic E-state index is 0.147. The van der Waals surface area contributed by atoms with E-state index in [0.29, 0.717) is 5.92 Å². The minimum Gasteiger partial charge on any atom is -0.396 e. The van der Waals surface area contributed by atoms with E-state index < -0.39 is 0 Å². The van der Waals surface area contributed by atoms with Gasteiger partial charge in [-0.25, -0.2) is 0 Å². The van der Waals surface area contributed by atoms with Crippen molar-refractivity contribution in [2.45, 2.75) is 32.6 Å². The zero-order chi connectivity index (χ0) is 8.32. The Labute approximate surface area is 68.2 Å². The topological polar surface area (TPSA) is 40.5 Å². The first-order chi connectivity index (χ1) is 5.22. The van der Waals surface area contributed by atoms with E-state index in [1.54, 1.807) is 0 Å². The Hall–Kier alpha value is -0.0800. The van der Waals surface area contributed by atoms with Gasteiger partial charge in [0.25, 0.3) is 0 Å². The summed E-state index contributed by atoms with van der Waals surface area (Å²) in [5, 5.41) is 18.2. The predicted octanol–water partition coefficient (Wildman–Crippen LogP) is 1.17. The normalized spacial score (nSPS) is 30.3. The number of aliphatic hydroxyl groups excluding tert-OH is 2. The van der Waals surface area contributed by atoms with E-state index in [2.05, 4.69) is 6.92 Å². The van der Waals surface area contributed by atoms with Gasteiger partial charge in [0, 0.05) is 5.41 Å². The highest BCUT2D eigenvalue weighted by molar-refractivity contribution is 4.83. The zero-order valence-electron chi connectivity index (χ0n) is 7.21. The molecule has 1 aliphatic carbocycles. The second kappa shape index (κ2) is 3.55. The van der Waals surface area contributed by atoms with E-state index in [4.69, 9.17) is 10.2 Å². The van der Waals surface area contributed by atoms with Gasteiger partial charge in [-0.3, -0.25) is 0 Å². The molecule has 0 heterocycles. The lowest BCUT2D eigenvalue weighted by Crippen LogP contribution is -2.34. The zero-order valence-corrected chi connectivity index (χ0v) is 7.21. The second-order valence-electron chi connectivity index (χ2n) is 4.02. The third-order valence-corrected chi connectivity index (χ3v) is 2.86. The molecular weight excluding hydrogens is 140 g/mol. The van der Waals surface area contributed by atoms with Crippen molar-refractivity contribution >= 4 is 0 Å². The Balaban J connectivity index is 2.52. The maximum absolute atomic E-state index is 9.10. The third-order valence-electron chi connectivity index (χ3n) is 2.86. The van der Waals surface area contributed by atoms with E-state index in [-0.39, 0.29) is 18.6 Å². The van der Waals surface area contributed by atoms with Crippen LogP contribution in [0.1, 0.15) is 32.6 Å². The first kappa shape index (κ1) is 9.01. The van der Waals surface area contributed by atoms with Gasteiger partial charge in [0.05, 0.1) is 13.2 Å². The molecule has 66 valence electrons. The van der Waals surface area contributed by atoms with Crippen LogP contribution in [0.5, 0.6) is 0 Å². The van der Waals surface area contributed by atoms with Gasteiger partial charge >= 0.3 is 0 Å². The molecule has 0 aromatic heterocycles. The molecule has 0 aliphatic heterocycles. The number of hydrogen-bond donors (Lipinski definition) is 2. The second-order valence-corrected chi connectivity index (χ2v) is 4.02. The first-order valence-electron chi connectivity index (χ1n) is 4.44. The predicted molar refractivity (Wildman–Crippen MR) is 44.2 cm³/mol. The van der Waals surface area contributed by atoms with Crippen LogP contribution in [0, 0.1) is 11.3 Å². The molecule has 1 unspecified atom stereocenters. The van der Waals surface area contributed by atoms with Crippen LogP contribution in [0.4, 0.5) is 0 Å². The summed E-state index contributed by atoms with van der Waals surface area (Å²) in [5.74, 6) is 0.669. The highest BCUT2D eigenvalue weighted by Crippen LogP contribution is 2.38. The van der Waals surface area contributed by atoms with Crippen LogP contribution in [0.25, 0.3) is 0 Å². The molecule has 1 atom stereocenters. The Bertz CT molecular complexity index is 119. The van der Waals surface area contributed by atoms with Crippen molar-refractivity contribution in [2.75, 3.05) is 13.2 Å². The molecule has 2 nitrogen and oxygen atoms in total. The number of rotatable bonds is 2. The fourth-order valence-corrected chi connectivity index (χ4v) is 2.11. The molecule has 0 amide bonds. The van der Waals surface area contributed by atoms with Crippen molar-refractivity contribution < 1.29 is 10.2 Å². The van der Waals surface area contributed by atoms with E-state index in [1.807, 2.05) is 0 Å². The maximum Gasteiger partial charge on any atom is 0.0509 e. The lowest BCUT2D eigenvalue weighted by Gasteiger charge is -2.36. The van der Waals surface area contributed by atoms with Crippen LogP contribution in [0.2, 0.25) is 0 Å². The smallest absolute Gasteiger partial charge is 0.0509 e. The maximum atomic E-state index is 9.10. The average molecular weight is 158 g/mol. The Morgan fingerprint density at radius 3 is 2.36 bits per heavy atom. The van der Waals surface area contributed by atoms with Crippen LogP contribution in [0.3, 0.4) is 0 Å². The first-order valence-corrected chi connectivity index (χ1v) is 4.44. The van der Waals surface area contributed by atoms with Gasteiger partial charge in [-0.1, -0.05) is 19.8 Å². The highest BCUT2D eigenvalue weighted by atomic mass is 16.3. The van der Waals surface area contributed by atoms with Crippen molar-refractivity contribution in [3.05, 3.63) is 0 Å². The Morgan fingerprint density at radius 2 is 2.00 bits per heavy atom. The molecule has 0 radical (unpaired) electrons. The summed E-state index contributed by atoms with van der Waals surface area (Å²) in [6.07, 6.45) is 4.38. The van der Waals surface area contributed by atoms with Gasteiger partial charge in [-0.05, 0) is 18.8 Å². The molecular formula is C9H18O2. The molecule has 0 bridgehead atoms. The van der Waals surface area contributed by atoms with Crippen molar-refractivity contribution in [3.8, 4) is 0 Å². The van der Waals surface area contributed by atoms with Crippen LogP contribution >= 0.6 is 0 Å². The van der Waals surface area contributed by atoms with Crippen LogP contribution in [-0.4, -0.2) is 23.4 Å². The molecule has 2 N–H and O–H groups in total. The SMILES string of the molecule is CC1CCCC(CO)(CO)C1. The summed E-state index contributed by atoms with van der Waals surface area (Å²) in [6, 6.07) is 0. The summed E-state index contributed by atoms with van der Waals surface area (Å²) in [4.78, 5) is 0. The summed E-state index contributed by atoms with van der Waals surface area (Å²) in [6.45, 7) is 2.49. The van der Waals surface area contributed by atoms with Crippen LogP contribution < -0.4 is 0 Å². The van der Waals surface area contributed by atoms with E-state index >= 15 is 0 Å². The van der Waals surface area contributed by atoms with Gasteiger partial charge in [0.2, 0.25) is 0 Å². The Kier molecular flexibility index (Phi) is 2.90. The lowest BCUT2D eigenvalue weighted by atomic mass is 9.71. The van der Waals surface area contributed by atoms with Crippen LogP contribution in [0.15, 0.2) is 0 Å². The van der Waals surface area contributed by atoms with Gasteiger partial charge in [-0.2, -0.15) is 0 Å². The lowest BCUT2D eigenvalue weighted by molar-refractivity contribution is 0.00769. The van der Waals surface area contributed by atoms with Gasteiger partial charge in [0.15, 0.2) is 0 Å². The van der Waals surface area contributed by atoms with Gasteiger partial charge in [0.1, 0.15) is 0 Å². The monoisotopic (exact) mass is 158 g/mol. The summed E-state index contributed by atoms with van der Waals surface area (Å²) >= 11 is 0. The molecule has 1 rings (SSSR count). The highest BCUT2D eigenvalue weighted by Gasteiger charge is 2.33. The average Bonchev–Trinajstić information content (AvgIpc) is 2.04. The van der Waals surface area contributed by atoms with Crippen molar-refractivity contribution in [3.63, 3.8) is 0 Å². The molecule has 0 spiro atoms. The van der Waals surface area contributed by atoms with Crippen molar-refractivity contribution in [2.24, 2.45) is 11.3 Å². The van der Waals surface area contributed by atoms with Crippen molar-refractivity contribution in [1.82, 2.24) is 0 Å². The molecule has 1 saturated carbocycles. The quantitative estimate of drug-likeness (QED) is 0.633. The molecule has 0 saturated heterocycles. The summed E-state index contributed by atoms with van der Waals surface area (Å²) in [7, 11) is 0. The summed E-state index contributed by atoms with van der Waals surface area (Å²) in [5.41, 5.74) is -0.155. The fraction of sp³-hybridized carbons (Fsp3) is 1.00. The fourth-order valence-electron chi connectivity index (χ4n) is 2.11. The van der Waals surface area contributed by atoms with E-state index in [0.717, 1.165) is 19.3 Å². The molecule has 1 fully saturated rings.